The van der Waals surface area contributed by atoms with Gasteiger partial charge in [0.25, 0.3) is 0 Å². The summed E-state index contributed by atoms with van der Waals surface area (Å²) in [6.07, 6.45) is -15.3. The van der Waals surface area contributed by atoms with Crippen LogP contribution in [0.4, 0.5) is 105 Å². The van der Waals surface area contributed by atoms with Gasteiger partial charge in [-0.1, -0.05) is 45.0 Å². The molecule has 0 spiro atoms. The number of hydrogen-bond donors (Lipinski definition) is 0. The summed E-state index contributed by atoms with van der Waals surface area (Å²) in [5.41, 5.74) is -28.0. The quantitative estimate of drug-likeness (QED) is 0.0652. The second-order valence-corrected chi connectivity index (χ2v) is 16.2. The van der Waals surface area contributed by atoms with Crippen LogP contribution in [0.5, 0.6) is 17.2 Å². The van der Waals surface area contributed by atoms with Crippen molar-refractivity contribution in [2.24, 2.45) is 0 Å². The molecule has 0 bridgehead atoms. The van der Waals surface area contributed by atoms with Gasteiger partial charge < -0.3 is 9.47 Å². The van der Waals surface area contributed by atoms with Crippen LogP contribution in [0.3, 0.4) is 0 Å². The predicted molar refractivity (Wildman–Crippen MR) is 211 cm³/mol. The van der Waals surface area contributed by atoms with Gasteiger partial charge in [-0.25, -0.2) is 70.2 Å². The molecule has 398 valence electrons. The molecular formula is C48H26F24O2. The van der Waals surface area contributed by atoms with Crippen molar-refractivity contribution in [3.8, 4) is 39.5 Å². The fraction of sp³-hybridized carbons (Fsp3) is 0.250. The molecule has 74 heavy (non-hydrogen) atoms. The van der Waals surface area contributed by atoms with Crippen molar-refractivity contribution >= 4 is 0 Å². The van der Waals surface area contributed by atoms with Crippen molar-refractivity contribution in [1.82, 2.24) is 0 Å². The number of halogens is 24. The average molecular weight is 1090 g/mol. The Morgan fingerprint density at radius 1 is 0.338 bits per heavy atom. The molecule has 26 heteroatoms. The maximum atomic E-state index is 15.6. The van der Waals surface area contributed by atoms with E-state index in [1.807, 2.05) is 0 Å². The molecule has 6 rings (SSSR count). The molecule has 0 fully saturated rings. The topological polar surface area (TPSA) is 18.5 Å². The maximum absolute atomic E-state index is 15.6. The lowest BCUT2D eigenvalue weighted by Gasteiger charge is -2.38. The lowest BCUT2D eigenvalue weighted by atomic mass is 9.73. The normalized spacial score (nSPS) is 13.4. The highest BCUT2D eigenvalue weighted by molar-refractivity contribution is 5.70. The summed E-state index contributed by atoms with van der Waals surface area (Å²) >= 11 is 0. The first-order chi connectivity index (χ1) is 34.2. The molecule has 0 saturated carbocycles. The summed E-state index contributed by atoms with van der Waals surface area (Å²) in [6, 6.07) is 1.02. The minimum absolute atomic E-state index is 0.0219. The minimum atomic E-state index is -6.44. The first kappa shape index (κ1) is 56.5. The van der Waals surface area contributed by atoms with Crippen molar-refractivity contribution in [3.63, 3.8) is 0 Å². The van der Waals surface area contributed by atoms with E-state index in [-0.39, 0.29) is 36.4 Å². The molecular weight excluding hydrogens is 1060 g/mol. The van der Waals surface area contributed by atoms with Crippen LogP contribution in [0.15, 0.2) is 48.5 Å². The van der Waals surface area contributed by atoms with Gasteiger partial charge in [-0.05, 0) is 61.6 Å². The van der Waals surface area contributed by atoms with Gasteiger partial charge in [-0.2, -0.15) is 35.1 Å². The van der Waals surface area contributed by atoms with Gasteiger partial charge in [0.1, 0.15) is 22.8 Å². The third kappa shape index (κ3) is 8.57. The van der Waals surface area contributed by atoms with E-state index >= 15 is 83.4 Å². The molecule has 0 N–H and O–H groups in total. The van der Waals surface area contributed by atoms with Crippen molar-refractivity contribution in [2.45, 2.75) is 76.0 Å². The molecule has 6 aromatic carbocycles. The van der Waals surface area contributed by atoms with Crippen LogP contribution < -0.4 is 9.47 Å². The molecule has 0 radical (unpaired) electrons. The molecule has 1 unspecified atom stereocenters. The number of benzene rings is 6. The fourth-order valence-electron chi connectivity index (χ4n) is 8.11. The number of alkyl halides is 7. The Morgan fingerprint density at radius 3 is 0.932 bits per heavy atom. The summed E-state index contributed by atoms with van der Waals surface area (Å²) in [6.45, 7) is 3.64. The lowest BCUT2D eigenvalue weighted by molar-refractivity contribution is -0.288. The Balaban J connectivity index is 1.39. The van der Waals surface area contributed by atoms with E-state index in [4.69, 9.17) is 4.74 Å². The highest BCUT2D eigenvalue weighted by Gasteiger charge is 2.72. The zero-order chi connectivity index (χ0) is 55.9. The van der Waals surface area contributed by atoms with E-state index in [2.05, 4.69) is 4.74 Å². The summed E-state index contributed by atoms with van der Waals surface area (Å²) in [7, 11) is 0. The summed E-state index contributed by atoms with van der Waals surface area (Å²) < 4.78 is 370. The molecule has 0 saturated heterocycles. The van der Waals surface area contributed by atoms with E-state index < -0.39 is 209 Å². The van der Waals surface area contributed by atoms with Crippen molar-refractivity contribution in [1.29, 1.82) is 0 Å². The van der Waals surface area contributed by atoms with E-state index in [9.17, 15) is 22.0 Å². The van der Waals surface area contributed by atoms with Gasteiger partial charge in [-0.3, -0.25) is 0 Å². The molecule has 0 aromatic heterocycles. The Bertz CT molecular complexity index is 3070. The zero-order valence-corrected chi connectivity index (χ0v) is 37.1. The van der Waals surface area contributed by atoms with Crippen LogP contribution in [-0.4, -0.2) is 12.4 Å². The van der Waals surface area contributed by atoms with E-state index in [1.165, 1.54) is 0 Å². The van der Waals surface area contributed by atoms with Gasteiger partial charge in [0.05, 0.1) is 33.4 Å². The highest BCUT2D eigenvalue weighted by atomic mass is 19.4. The standard InChI is InChI=1S/C48H26F24O2/c1-5-44(4,24-34(57)26(49)20(27(50)35(24)58)22-30(53)38(61)40(63)39(62)31(22)54)74-19-14-10-17(11-15-19)46(47(67,68)69,48(70,71)72)16-8-12-18(13-9-16)73-43-41(64)32(55)23(33(56)42(43)65)21-28(51)36(59)25(37(60)29(21)52)45(66,6-2)7-3/h8-15H,5-7H2,1-4H3. The second-order valence-electron chi connectivity index (χ2n) is 16.2. The Hall–Kier alpha value is -6.76. The number of ether oxygens (including phenoxy) is 2. The Labute approximate surface area is 399 Å². The van der Waals surface area contributed by atoms with Gasteiger partial charge >= 0.3 is 12.4 Å². The SMILES string of the molecule is CCC(F)(CC)c1c(F)c(F)c(-c2c(F)c(F)c(Oc3ccc(C(c4ccc(OC(C)(CC)c5c(F)c(F)c(-c6c(F)c(F)c(F)c(F)c6F)c(F)c5F)cc4)(C(F)(F)F)C(F)(F)F)cc3)c(F)c2F)c(F)c1F. The van der Waals surface area contributed by atoms with Crippen molar-refractivity contribution in [3.05, 3.63) is 170 Å². The fourth-order valence-corrected chi connectivity index (χ4v) is 8.11. The first-order valence-electron chi connectivity index (χ1n) is 20.7. The summed E-state index contributed by atoms with van der Waals surface area (Å²) in [5, 5.41) is 0. The third-order valence-electron chi connectivity index (χ3n) is 12.2. The predicted octanol–water partition coefficient (Wildman–Crippen LogP) is 17.3. The van der Waals surface area contributed by atoms with Gasteiger partial charge in [0.2, 0.25) is 28.6 Å². The highest BCUT2D eigenvalue weighted by Crippen LogP contribution is 2.57. The van der Waals surface area contributed by atoms with Gasteiger partial charge in [0, 0.05) is 0 Å². The summed E-state index contributed by atoms with van der Waals surface area (Å²) in [5.74, 6) is -50.8. The molecule has 1 atom stereocenters. The third-order valence-corrected chi connectivity index (χ3v) is 12.2. The molecule has 0 amide bonds. The van der Waals surface area contributed by atoms with Crippen molar-refractivity contribution < 1.29 is 115 Å². The van der Waals surface area contributed by atoms with E-state index in [0.29, 0.717) is 19.1 Å². The second kappa shape index (κ2) is 19.5. The molecule has 0 heterocycles. The molecule has 2 nitrogen and oxygen atoms in total. The average Bonchev–Trinajstić information content (AvgIpc) is 3.34. The zero-order valence-electron chi connectivity index (χ0n) is 37.1. The largest absolute Gasteiger partial charge is 0.483 e. The van der Waals surface area contributed by atoms with Crippen LogP contribution in [0.1, 0.15) is 69.2 Å². The maximum Gasteiger partial charge on any atom is 0.411 e. The van der Waals surface area contributed by atoms with E-state index in [1.54, 1.807) is 0 Å². The Kier molecular flexibility index (Phi) is 14.9. The molecule has 0 aliphatic rings. The summed E-state index contributed by atoms with van der Waals surface area (Å²) in [4.78, 5) is 0. The van der Waals surface area contributed by atoms with E-state index in [0.717, 1.165) is 20.8 Å². The monoisotopic (exact) mass is 1090 g/mol. The van der Waals surface area contributed by atoms with Gasteiger partial charge in [0.15, 0.2) is 81.4 Å². The van der Waals surface area contributed by atoms with Crippen LogP contribution in [-0.2, 0) is 16.7 Å². The van der Waals surface area contributed by atoms with Crippen LogP contribution in [0.2, 0.25) is 0 Å². The van der Waals surface area contributed by atoms with Crippen molar-refractivity contribution in [2.75, 3.05) is 0 Å². The van der Waals surface area contributed by atoms with Crippen LogP contribution in [0.25, 0.3) is 22.3 Å². The Morgan fingerprint density at radius 2 is 0.622 bits per heavy atom. The van der Waals surface area contributed by atoms with Crippen LogP contribution in [0, 0.1) is 98.9 Å². The molecule has 0 aliphatic carbocycles. The van der Waals surface area contributed by atoms with Crippen LogP contribution >= 0.6 is 0 Å². The molecule has 0 aliphatic heterocycles. The number of hydrogen-bond acceptors (Lipinski definition) is 2. The minimum Gasteiger partial charge on any atom is -0.483 e. The molecule has 6 aromatic rings. The first-order valence-corrected chi connectivity index (χ1v) is 20.7. The lowest BCUT2D eigenvalue weighted by Crippen LogP contribution is -2.54. The smallest absolute Gasteiger partial charge is 0.411 e. The number of rotatable bonds is 13. The van der Waals surface area contributed by atoms with Gasteiger partial charge in [-0.15, -0.1) is 0 Å².